The first-order valence-corrected chi connectivity index (χ1v) is 8.30. The maximum atomic E-state index is 11.9. The van der Waals surface area contributed by atoms with Crippen LogP contribution in [-0.4, -0.2) is 30.8 Å². The number of ether oxygens (including phenoxy) is 1. The van der Waals surface area contributed by atoms with Gasteiger partial charge in [0.15, 0.2) is 0 Å². The summed E-state index contributed by atoms with van der Waals surface area (Å²) in [5.41, 5.74) is -0.0888. The van der Waals surface area contributed by atoms with Gasteiger partial charge in [-0.3, -0.25) is 4.79 Å². The number of aliphatic hydroxyl groups is 1. The van der Waals surface area contributed by atoms with Crippen molar-refractivity contribution >= 4 is 5.91 Å². The van der Waals surface area contributed by atoms with E-state index >= 15 is 0 Å². The number of carbonyl (C=O) groups excluding carboxylic acids is 1. The summed E-state index contributed by atoms with van der Waals surface area (Å²) < 4.78 is 5.57. The van der Waals surface area contributed by atoms with Crippen LogP contribution in [-0.2, 0) is 4.79 Å². The fraction of sp³-hybridized carbons (Fsp3) is 0.611. The van der Waals surface area contributed by atoms with E-state index in [0.29, 0.717) is 26.0 Å². The summed E-state index contributed by atoms with van der Waals surface area (Å²) >= 11 is 0. The van der Waals surface area contributed by atoms with E-state index in [9.17, 15) is 9.90 Å². The lowest BCUT2D eigenvalue weighted by Crippen LogP contribution is -2.41. The molecule has 0 heterocycles. The predicted octanol–water partition coefficient (Wildman–Crippen LogP) is 2.90. The van der Waals surface area contributed by atoms with Gasteiger partial charge in [-0.1, -0.05) is 37.5 Å². The van der Waals surface area contributed by atoms with Crippen molar-refractivity contribution in [3.63, 3.8) is 0 Å². The van der Waals surface area contributed by atoms with E-state index in [2.05, 4.69) is 5.32 Å². The van der Waals surface area contributed by atoms with Crippen LogP contribution < -0.4 is 10.1 Å². The molecular formula is C18H27NO3. The van der Waals surface area contributed by atoms with Crippen LogP contribution in [0, 0.1) is 5.41 Å². The van der Waals surface area contributed by atoms with Gasteiger partial charge in [-0.2, -0.15) is 0 Å². The smallest absolute Gasteiger partial charge is 0.220 e. The highest BCUT2D eigenvalue weighted by molar-refractivity contribution is 5.75. The second-order valence-corrected chi connectivity index (χ2v) is 6.26. The molecule has 1 aliphatic rings. The molecule has 0 aliphatic heterocycles. The van der Waals surface area contributed by atoms with Crippen molar-refractivity contribution in [2.45, 2.75) is 44.9 Å². The number of para-hydroxylation sites is 1. The minimum absolute atomic E-state index is 0.0510. The molecule has 0 saturated heterocycles. The predicted molar refractivity (Wildman–Crippen MR) is 86.8 cm³/mol. The monoisotopic (exact) mass is 305 g/mol. The third-order valence-corrected chi connectivity index (χ3v) is 4.47. The van der Waals surface area contributed by atoms with Crippen molar-refractivity contribution in [3.05, 3.63) is 30.3 Å². The van der Waals surface area contributed by atoms with Gasteiger partial charge in [-0.25, -0.2) is 0 Å². The maximum absolute atomic E-state index is 11.9. The van der Waals surface area contributed by atoms with Crippen LogP contribution in [0.4, 0.5) is 0 Å². The number of benzene rings is 1. The number of aliphatic hydroxyl groups excluding tert-OH is 1. The van der Waals surface area contributed by atoms with Gasteiger partial charge >= 0.3 is 0 Å². The number of carbonyl (C=O) groups is 1. The normalized spacial score (nSPS) is 17.0. The molecule has 1 saturated carbocycles. The fourth-order valence-electron chi connectivity index (χ4n) is 3.01. The summed E-state index contributed by atoms with van der Waals surface area (Å²) in [5.74, 6) is 0.888. The van der Waals surface area contributed by atoms with Crippen molar-refractivity contribution in [2.75, 3.05) is 19.8 Å². The Hall–Kier alpha value is -1.55. The Morgan fingerprint density at radius 1 is 1.18 bits per heavy atom. The zero-order chi connectivity index (χ0) is 15.7. The third-order valence-electron chi connectivity index (χ3n) is 4.47. The van der Waals surface area contributed by atoms with Gasteiger partial charge in [0, 0.05) is 18.4 Å². The molecule has 122 valence electrons. The highest BCUT2D eigenvalue weighted by Gasteiger charge is 2.31. The van der Waals surface area contributed by atoms with Crippen molar-refractivity contribution in [2.24, 2.45) is 5.41 Å². The highest BCUT2D eigenvalue weighted by atomic mass is 16.5. The molecule has 1 aliphatic carbocycles. The summed E-state index contributed by atoms with van der Waals surface area (Å²) in [4.78, 5) is 11.9. The molecule has 1 amide bonds. The zero-order valence-electron chi connectivity index (χ0n) is 13.2. The molecule has 2 rings (SSSR count). The van der Waals surface area contributed by atoms with Gasteiger partial charge < -0.3 is 15.2 Å². The van der Waals surface area contributed by atoms with Crippen molar-refractivity contribution in [3.8, 4) is 5.75 Å². The van der Waals surface area contributed by atoms with E-state index in [4.69, 9.17) is 4.74 Å². The van der Waals surface area contributed by atoms with E-state index in [1.165, 1.54) is 6.42 Å². The van der Waals surface area contributed by atoms with E-state index in [-0.39, 0.29) is 17.9 Å². The van der Waals surface area contributed by atoms with Gasteiger partial charge in [0.1, 0.15) is 5.75 Å². The van der Waals surface area contributed by atoms with Gasteiger partial charge in [0.05, 0.1) is 13.2 Å². The lowest BCUT2D eigenvalue weighted by Gasteiger charge is -2.35. The van der Waals surface area contributed by atoms with Crippen LogP contribution in [0.2, 0.25) is 0 Å². The zero-order valence-corrected chi connectivity index (χ0v) is 13.2. The number of amides is 1. The lowest BCUT2D eigenvalue weighted by molar-refractivity contribution is -0.122. The van der Waals surface area contributed by atoms with E-state index in [1.807, 2.05) is 30.3 Å². The standard InChI is InChI=1S/C18H27NO3/c20-15-18(11-5-2-6-12-18)14-19-17(21)10-7-13-22-16-8-3-1-4-9-16/h1,3-4,8-9,20H,2,5-7,10-15H2,(H,19,21). The Bertz CT molecular complexity index is 441. The minimum atomic E-state index is -0.0888. The van der Waals surface area contributed by atoms with Crippen LogP contribution >= 0.6 is 0 Å². The highest BCUT2D eigenvalue weighted by Crippen LogP contribution is 2.35. The molecule has 0 bridgehead atoms. The fourth-order valence-corrected chi connectivity index (χ4v) is 3.01. The SMILES string of the molecule is O=C(CCCOc1ccccc1)NCC1(CO)CCCCC1. The van der Waals surface area contributed by atoms with Crippen molar-refractivity contribution < 1.29 is 14.6 Å². The number of hydrogen-bond acceptors (Lipinski definition) is 3. The first-order valence-electron chi connectivity index (χ1n) is 8.30. The van der Waals surface area contributed by atoms with Gasteiger partial charge in [0.2, 0.25) is 5.91 Å². The summed E-state index contributed by atoms with van der Waals surface area (Å²) in [5, 5.41) is 12.6. The van der Waals surface area contributed by atoms with Crippen LogP contribution in [0.3, 0.4) is 0 Å². The Morgan fingerprint density at radius 3 is 2.59 bits per heavy atom. The molecule has 1 aromatic rings. The van der Waals surface area contributed by atoms with E-state index in [1.54, 1.807) is 0 Å². The minimum Gasteiger partial charge on any atom is -0.494 e. The summed E-state index contributed by atoms with van der Waals surface area (Å²) in [6, 6.07) is 9.63. The summed E-state index contributed by atoms with van der Waals surface area (Å²) in [6.45, 7) is 1.31. The Balaban J connectivity index is 1.61. The molecule has 0 aromatic heterocycles. The molecule has 4 heteroatoms. The molecule has 0 radical (unpaired) electrons. The topological polar surface area (TPSA) is 58.6 Å². The molecule has 0 unspecified atom stereocenters. The van der Waals surface area contributed by atoms with Gasteiger partial charge in [-0.05, 0) is 31.4 Å². The maximum Gasteiger partial charge on any atom is 0.220 e. The van der Waals surface area contributed by atoms with Gasteiger partial charge in [0.25, 0.3) is 0 Å². The quantitative estimate of drug-likeness (QED) is 0.726. The largest absolute Gasteiger partial charge is 0.494 e. The molecule has 0 spiro atoms. The summed E-state index contributed by atoms with van der Waals surface area (Å²) in [6.07, 6.45) is 6.75. The molecule has 2 N–H and O–H groups in total. The van der Waals surface area contributed by atoms with E-state index in [0.717, 1.165) is 31.4 Å². The number of nitrogens with one attached hydrogen (secondary N) is 1. The van der Waals surface area contributed by atoms with Crippen LogP contribution in [0.5, 0.6) is 5.75 Å². The molecule has 1 fully saturated rings. The number of hydrogen-bond donors (Lipinski definition) is 2. The van der Waals surface area contributed by atoms with Crippen LogP contribution in [0.15, 0.2) is 30.3 Å². The second kappa shape index (κ2) is 8.79. The van der Waals surface area contributed by atoms with Crippen LogP contribution in [0.1, 0.15) is 44.9 Å². The number of rotatable bonds is 8. The second-order valence-electron chi connectivity index (χ2n) is 6.26. The van der Waals surface area contributed by atoms with Gasteiger partial charge in [-0.15, -0.1) is 0 Å². The first kappa shape index (κ1) is 16.8. The Morgan fingerprint density at radius 2 is 1.91 bits per heavy atom. The van der Waals surface area contributed by atoms with Crippen molar-refractivity contribution in [1.29, 1.82) is 0 Å². The average Bonchev–Trinajstić information content (AvgIpc) is 2.59. The summed E-state index contributed by atoms with van der Waals surface area (Å²) in [7, 11) is 0. The van der Waals surface area contributed by atoms with Crippen molar-refractivity contribution in [1.82, 2.24) is 5.32 Å². The molecule has 4 nitrogen and oxygen atoms in total. The third kappa shape index (κ3) is 5.34. The molecule has 0 atom stereocenters. The molecule has 1 aromatic carbocycles. The Kier molecular flexibility index (Phi) is 6.72. The first-order chi connectivity index (χ1) is 10.7. The Labute approximate surface area is 132 Å². The molecular weight excluding hydrogens is 278 g/mol. The van der Waals surface area contributed by atoms with Crippen LogP contribution in [0.25, 0.3) is 0 Å². The van der Waals surface area contributed by atoms with E-state index < -0.39 is 0 Å². The molecule has 22 heavy (non-hydrogen) atoms. The average molecular weight is 305 g/mol. The lowest BCUT2D eigenvalue weighted by atomic mass is 9.74.